The van der Waals surface area contributed by atoms with E-state index in [1.54, 1.807) is 13.4 Å². The lowest BCUT2D eigenvalue weighted by molar-refractivity contribution is 0.0320. The van der Waals surface area contributed by atoms with Crippen LogP contribution in [-0.2, 0) is 9.47 Å². The Morgan fingerprint density at radius 1 is 0.968 bits per heavy atom. The molecule has 0 amide bonds. The summed E-state index contributed by atoms with van der Waals surface area (Å²) < 4.78 is 22.6. The topological polar surface area (TPSA) is 78.0 Å². The van der Waals surface area contributed by atoms with E-state index in [1.807, 2.05) is 42.5 Å². The Labute approximate surface area is 182 Å². The van der Waals surface area contributed by atoms with Crippen molar-refractivity contribution in [3.63, 3.8) is 0 Å². The van der Waals surface area contributed by atoms with Gasteiger partial charge < -0.3 is 24.3 Å². The Hall–Kier alpha value is -2.94. The quantitative estimate of drug-likeness (QED) is 0.498. The molecule has 1 aliphatic heterocycles. The maximum Gasteiger partial charge on any atom is 0.163 e. The molecule has 1 N–H and O–H groups in total. The molecule has 31 heavy (non-hydrogen) atoms. The molecule has 3 aromatic rings. The van der Waals surface area contributed by atoms with Crippen molar-refractivity contribution >= 4 is 22.4 Å². The van der Waals surface area contributed by atoms with Crippen molar-refractivity contribution in [3.8, 4) is 11.5 Å². The number of hydrogen-bond donors (Lipinski definition) is 1. The molecular formula is C23H28N4O4. The van der Waals surface area contributed by atoms with Gasteiger partial charge in [0.25, 0.3) is 0 Å². The number of nitrogens with zero attached hydrogens (tertiary/aromatic N) is 3. The summed E-state index contributed by atoms with van der Waals surface area (Å²) in [4.78, 5) is 11.2. The minimum atomic E-state index is 0.433. The van der Waals surface area contributed by atoms with Crippen LogP contribution in [0.3, 0.4) is 0 Å². The van der Waals surface area contributed by atoms with Crippen LogP contribution in [0.25, 0.3) is 10.9 Å². The van der Waals surface area contributed by atoms with Crippen LogP contribution in [0, 0.1) is 0 Å². The number of benzene rings is 2. The number of ether oxygens (including phenoxy) is 4. The van der Waals surface area contributed by atoms with E-state index in [4.69, 9.17) is 18.9 Å². The van der Waals surface area contributed by atoms with Crippen molar-refractivity contribution in [2.45, 2.75) is 0 Å². The van der Waals surface area contributed by atoms with Crippen LogP contribution in [0.2, 0.25) is 0 Å². The minimum absolute atomic E-state index is 0.433. The number of para-hydroxylation sites is 1. The molecule has 0 radical (unpaired) electrons. The summed E-state index contributed by atoms with van der Waals surface area (Å²) in [5.41, 5.74) is 1.74. The number of morpholine rings is 1. The molecule has 1 aromatic heterocycles. The van der Waals surface area contributed by atoms with E-state index in [-0.39, 0.29) is 0 Å². The smallest absolute Gasteiger partial charge is 0.163 e. The molecule has 0 spiro atoms. The summed E-state index contributed by atoms with van der Waals surface area (Å²) in [5.74, 6) is 2.04. The molecule has 0 saturated carbocycles. The van der Waals surface area contributed by atoms with Gasteiger partial charge in [0, 0.05) is 43.9 Å². The molecule has 0 aliphatic carbocycles. The van der Waals surface area contributed by atoms with Gasteiger partial charge in [-0.3, -0.25) is 4.90 Å². The average molecular weight is 425 g/mol. The maximum absolute atomic E-state index is 6.15. The monoisotopic (exact) mass is 424 g/mol. The summed E-state index contributed by atoms with van der Waals surface area (Å²) in [7, 11) is 1.65. The van der Waals surface area contributed by atoms with Crippen molar-refractivity contribution in [2.75, 3.05) is 65.1 Å². The van der Waals surface area contributed by atoms with Gasteiger partial charge in [0.15, 0.2) is 11.5 Å². The molecule has 1 aliphatic rings. The van der Waals surface area contributed by atoms with Gasteiger partial charge in [-0.2, -0.15) is 0 Å². The average Bonchev–Trinajstić information content (AvgIpc) is 2.81. The van der Waals surface area contributed by atoms with Gasteiger partial charge in [0.05, 0.1) is 25.3 Å². The third kappa shape index (κ3) is 5.81. The van der Waals surface area contributed by atoms with E-state index < -0.39 is 0 Å². The number of hydrogen-bond acceptors (Lipinski definition) is 8. The van der Waals surface area contributed by atoms with Crippen LogP contribution in [-0.4, -0.2) is 74.6 Å². The molecule has 4 rings (SSSR count). The van der Waals surface area contributed by atoms with Gasteiger partial charge in [0.2, 0.25) is 0 Å². The lowest BCUT2D eigenvalue weighted by Gasteiger charge is -2.26. The van der Waals surface area contributed by atoms with Gasteiger partial charge in [-0.1, -0.05) is 18.2 Å². The Morgan fingerprint density at radius 2 is 1.74 bits per heavy atom. The second-order valence-corrected chi connectivity index (χ2v) is 7.17. The maximum atomic E-state index is 6.15. The predicted molar refractivity (Wildman–Crippen MR) is 119 cm³/mol. The van der Waals surface area contributed by atoms with Gasteiger partial charge in [-0.05, 0) is 18.2 Å². The van der Waals surface area contributed by atoms with E-state index in [0.29, 0.717) is 31.3 Å². The van der Waals surface area contributed by atoms with Crippen LogP contribution in [0.15, 0.2) is 48.8 Å². The molecule has 2 aromatic carbocycles. The SMILES string of the molecule is COCCOc1cc2ncnc(Nc3ccccc3)c2cc1OCCN1CCOCC1. The number of rotatable bonds is 10. The summed E-state index contributed by atoms with van der Waals surface area (Å²) in [5, 5.41) is 4.23. The first kappa shape index (κ1) is 21.3. The first-order valence-corrected chi connectivity index (χ1v) is 10.5. The third-order valence-electron chi connectivity index (χ3n) is 5.05. The molecule has 1 fully saturated rings. The second kappa shape index (κ2) is 10.9. The zero-order chi connectivity index (χ0) is 21.3. The summed E-state index contributed by atoms with van der Waals surface area (Å²) in [6.45, 7) is 5.72. The molecule has 0 unspecified atom stereocenters. The molecule has 2 heterocycles. The Morgan fingerprint density at radius 3 is 2.55 bits per heavy atom. The first-order valence-electron chi connectivity index (χ1n) is 10.5. The zero-order valence-corrected chi connectivity index (χ0v) is 17.8. The van der Waals surface area contributed by atoms with E-state index in [2.05, 4.69) is 20.2 Å². The molecule has 164 valence electrons. The van der Waals surface area contributed by atoms with Crippen molar-refractivity contribution < 1.29 is 18.9 Å². The standard InChI is InChI=1S/C23H28N4O4/c1-28-13-14-31-22-16-20-19(15-21(22)30-12-9-27-7-10-29-11-8-27)23(25-17-24-20)26-18-5-3-2-4-6-18/h2-6,15-17H,7-14H2,1H3,(H,24,25,26). The summed E-state index contributed by atoms with van der Waals surface area (Å²) in [6.07, 6.45) is 1.55. The van der Waals surface area contributed by atoms with E-state index in [0.717, 1.165) is 55.3 Å². The summed E-state index contributed by atoms with van der Waals surface area (Å²) >= 11 is 0. The molecule has 8 nitrogen and oxygen atoms in total. The highest BCUT2D eigenvalue weighted by Gasteiger charge is 2.14. The first-order chi connectivity index (χ1) is 15.3. The third-order valence-corrected chi connectivity index (χ3v) is 5.05. The number of nitrogens with one attached hydrogen (secondary N) is 1. The van der Waals surface area contributed by atoms with E-state index >= 15 is 0 Å². The fraction of sp³-hybridized carbons (Fsp3) is 0.391. The molecule has 0 atom stereocenters. The Bertz CT molecular complexity index is 964. The van der Waals surface area contributed by atoms with Crippen LogP contribution >= 0.6 is 0 Å². The Kier molecular flexibility index (Phi) is 7.49. The number of methoxy groups -OCH3 is 1. The second-order valence-electron chi connectivity index (χ2n) is 7.17. The van der Waals surface area contributed by atoms with Crippen LogP contribution < -0.4 is 14.8 Å². The van der Waals surface area contributed by atoms with E-state index in [9.17, 15) is 0 Å². The highest BCUT2D eigenvalue weighted by molar-refractivity contribution is 5.93. The lowest BCUT2D eigenvalue weighted by atomic mass is 10.2. The van der Waals surface area contributed by atoms with Gasteiger partial charge in [-0.15, -0.1) is 0 Å². The highest BCUT2D eigenvalue weighted by Crippen LogP contribution is 2.35. The summed E-state index contributed by atoms with van der Waals surface area (Å²) in [6, 6.07) is 13.8. The fourth-order valence-electron chi connectivity index (χ4n) is 3.39. The fourth-order valence-corrected chi connectivity index (χ4v) is 3.39. The van der Waals surface area contributed by atoms with Crippen molar-refractivity contribution in [1.82, 2.24) is 14.9 Å². The number of anilines is 2. The van der Waals surface area contributed by atoms with Gasteiger partial charge in [-0.25, -0.2) is 9.97 Å². The normalized spacial score (nSPS) is 14.5. The minimum Gasteiger partial charge on any atom is -0.488 e. The van der Waals surface area contributed by atoms with Gasteiger partial charge in [0.1, 0.15) is 25.4 Å². The largest absolute Gasteiger partial charge is 0.488 e. The zero-order valence-electron chi connectivity index (χ0n) is 17.8. The Balaban J connectivity index is 1.56. The molecule has 0 bridgehead atoms. The molecular weight excluding hydrogens is 396 g/mol. The molecule has 1 saturated heterocycles. The molecule has 8 heteroatoms. The van der Waals surface area contributed by atoms with Crippen molar-refractivity contribution in [1.29, 1.82) is 0 Å². The van der Waals surface area contributed by atoms with Crippen molar-refractivity contribution in [3.05, 3.63) is 48.8 Å². The predicted octanol–water partition coefficient (Wildman–Crippen LogP) is 3.11. The highest BCUT2D eigenvalue weighted by atomic mass is 16.5. The van der Waals surface area contributed by atoms with Crippen molar-refractivity contribution in [2.24, 2.45) is 0 Å². The van der Waals surface area contributed by atoms with Crippen LogP contribution in [0.4, 0.5) is 11.5 Å². The van der Waals surface area contributed by atoms with Crippen LogP contribution in [0.5, 0.6) is 11.5 Å². The van der Waals surface area contributed by atoms with Crippen LogP contribution in [0.1, 0.15) is 0 Å². The number of aromatic nitrogens is 2. The number of fused-ring (bicyclic) bond motifs is 1. The lowest BCUT2D eigenvalue weighted by Crippen LogP contribution is -2.38. The van der Waals surface area contributed by atoms with Gasteiger partial charge >= 0.3 is 0 Å². The van der Waals surface area contributed by atoms with E-state index in [1.165, 1.54) is 0 Å².